The number of fused-ring (bicyclic) bond motifs is 3. The van der Waals surface area contributed by atoms with Crippen LogP contribution in [0.5, 0.6) is 0 Å². The summed E-state index contributed by atoms with van der Waals surface area (Å²) < 4.78 is 1.40. The lowest BCUT2D eigenvalue weighted by Gasteiger charge is -2.33. The molecule has 0 N–H and O–H groups in total. The van der Waals surface area contributed by atoms with Gasteiger partial charge in [-0.1, -0.05) is 32.1 Å². The first kappa shape index (κ1) is 14.4. The van der Waals surface area contributed by atoms with E-state index in [1.54, 1.807) is 17.4 Å². The molecular formula is C16H21N3OS. The number of aryl methyl sites for hydroxylation is 1. The van der Waals surface area contributed by atoms with E-state index in [2.05, 4.69) is 37.7 Å². The number of hydrogen-bond donors (Lipinski definition) is 0. The van der Waals surface area contributed by atoms with Crippen LogP contribution >= 0.6 is 11.3 Å². The van der Waals surface area contributed by atoms with E-state index in [4.69, 9.17) is 0 Å². The maximum absolute atomic E-state index is 12.5. The van der Waals surface area contributed by atoms with Crippen molar-refractivity contribution >= 4 is 21.6 Å². The molecule has 5 heteroatoms. The molecular weight excluding hydrogens is 282 g/mol. The zero-order valence-electron chi connectivity index (χ0n) is 12.8. The van der Waals surface area contributed by atoms with Crippen LogP contribution in [0.2, 0.25) is 0 Å². The quantitative estimate of drug-likeness (QED) is 0.801. The maximum atomic E-state index is 12.5. The Balaban J connectivity index is 2.10. The van der Waals surface area contributed by atoms with Gasteiger partial charge in [-0.3, -0.25) is 4.79 Å². The average Bonchev–Trinajstić information content (AvgIpc) is 2.79. The second kappa shape index (κ2) is 5.05. The summed E-state index contributed by atoms with van der Waals surface area (Å²) in [6.07, 6.45) is 4.86. The lowest BCUT2D eigenvalue weighted by Crippen LogP contribution is -2.27. The molecule has 1 aliphatic carbocycles. The molecule has 1 unspecified atom stereocenters. The zero-order valence-corrected chi connectivity index (χ0v) is 13.7. The number of rotatable bonds is 2. The molecule has 4 nitrogen and oxygen atoms in total. The van der Waals surface area contributed by atoms with Crippen molar-refractivity contribution in [2.45, 2.75) is 46.6 Å². The van der Waals surface area contributed by atoms with Crippen LogP contribution in [0.15, 0.2) is 17.4 Å². The first-order valence-electron chi connectivity index (χ1n) is 7.40. The molecule has 2 aromatic rings. The SMILES string of the molecule is C=CCn1nnc2sc3c(c2c1=O)CCC(C(C)(C)C)C3. The van der Waals surface area contributed by atoms with E-state index in [1.807, 2.05) is 0 Å². The molecule has 0 saturated heterocycles. The first-order chi connectivity index (χ1) is 9.91. The molecule has 0 bridgehead atoms. The molecule has 0 spiro atoms. The molecule has 1 aliphatic rings. The molecule has 112 valence electrons. The number of nitrogens with zero attached hydrogens (tertiary/aromatic N) is 3. The van der Waals surface area contributed by atoms with Crippen molar-refractivity contribution in [3.05, 3.63) is 33.4 Å². The van der Waals surface area contributed by atoms with E-state index in [-0.39, 0.29) is 5.56 Å². The van der Waals surface area contributed by atoms with Crippen LogP contribution in [0.1, 0.15) is 37.6 Å². The summed E-state index contributed by atoms with van der Waals surface area (Å²) >= 11 is 1.65. The average molecular weight is 303 g/mol. The fourth-order valence-corrected chi connectivity index (χ4v) is 4.34. The highest BCUT2D eigenvalue weighted by molar-refractivity contribution is 7.18. The van der Waals surface area contributed by atoms with Gasteiger partial charge in [-0.05, 0) is 36.2 Å². The van der Waals surface area contributed by atoms with Crippen LogP contribution < -0.4 is 5.56 Å². The minimum Gasteiger partial charge on any atom is -0.267 e. The van der Waals surface area contributed by atoms with Gasteiger partial charge in [-0.25, -0.2) is 4.68 Å². The molecule has 0 radical (unpaired) electrons. The van der Waals surface area contributed by atoms with E-state index in [9.17, 15) is 4.79 Å². The summed E-state index contributed by atoms with van der Waals surface area (Å²) in [5.41, 5.74) is 1.50. The van der Waals surface area contributed by atoms with E-state index in [1.165, 1.54) is 15.1 Å². The van der Waals surface area contributed by atoms with Crippen LogP contribution in [-0.2, 0) is 19.4 Å². The van der Waals surface area contributed by atoms with Crippen LogP contribution in [0.3, 0.4) is 0 Å². The summed E-state index contributed by atoms with van der Waals surface area (Å²) in [5.74, 6) is 0.668. The minimum atomic E-state index is -0.0217. The van der Waals surface area contributed by atoms with Gasteiger partial charge in [-0.15, -0.1) is 23.0 Å². The van der Waals surface area contributed by atoms with E-state index < -0.39 is 0 Å². The van der Waals surface area contributed by atoms with E-state index in [0.29, 0.717) is 17.9 Å². The Morgan fingerprint density at radius 3 is 2.90 bits per heavy atom. The zero-order chi connectivity index (χ0) is 15.2. The molecule has 0 fully saturated rings. The first-order valence-corrected chi connectivity index (χ1v) is 8.22. The van der Waals surface area contributed by atoms with Crippen molar-refractivity contribution in [2.75, 3.05) is 0 Å². The molecule has 2 aromatic heterocycles. The maximum Gasteiger partial charge on any atom is 0.279 e. The molecule has 21 heavy (non-hydrogen) atoms. The fourth-order valence-electron chi connectivity index (χ4n) is 3.11. The van der Waals surface area contributed by atoms with Gasteiger partial charge in [0.25, 0.3) is 5.56 Å². The Bertz CT molecular complexity index is 751. The fraction of sp³-hybridized carbons (Fsp3) is 0.562. The molecule has 2 heterocycles. The second-order valence-corrected chi connectivity index (χ2v) is 7.94. The number of hydrogen-bond acceptors (Lipinski definition) is 4. The molecule has 0 aliphatic heterocycles. The summed E-state index contributed by atoms with van der Waals surface area (Å²) in [5, 5.41) is 9.03. The van der Waals surface area contributed by atoms with Gasteiger partial charge in [0.05, 0.1) is 11.9 Å². The minimum absolute atomic E-state index is 0.0217. The Morgan fingerprint density at radius 2 is 2.24 bits per heavy atom. The van der Waals surface area contributed by atoms with Crippen molar-refractivity contribution < 1.29 is 0 Å². The molecule has 1 atom stereocenters. The van der Waals surface area contributed by atoms with Gasteiger partial charge >= 0.3 is 0 Å². The Labute approximate surface area is 128 Å². The summed E-state index contributed by atoms with van der Waals surface area (Å²) in [4.78, 5) is 14.7. The van der Waals surface area contributed by atoms with Crippen molar-refractivity contribution in [1.29, 1.82) is 0 Å². The van der Waals surface area contributed by atoms with Gasteiger partial charge in [0, 0.05) is 4.88 Å². The van der Waals surface area contributed by atoms with E-state index in [0.717, 1.165) is 29.5 Å². The van der Waals surface area contributed by atoms with Gasteiger partial charge in [0.15, 0.2) is 4.83 Å². The number of thiophene rings is 1. The second-order valence-electron chi connectivity index (χ2n) is 6.86. The molecule has 0 amide bonds. The third kappa shape index (κ3) is 2.44. The van der Waals surface area contributed by atoms with Crippen LogP contribution in [0.25, 0.3) is 10.2 Å². The molecule has 3 rings (SSSR count). The Morgan fingerprint density at radius 1 is 1.48 bits per heavy atom. The van der Waals surface area contributed by atoms with Crippen molar-refractivity contribution in [2.24, 2.45) is 11.3 Å². The molecule has 0 saturated carbocycles. The van der Waals surface area contributed by atoms with Gasteiger partial charge < -0.3 is 0 Å². The van der Waals surface area contributed by atoms with Crippen LogP contribution in [0, 0.1) is 11.3 Å². The van der Waals surface area contributed by atoms with Gasteiger partial charge in [-0.2, -0.15) is 0 Å². The third-order valence-electron chi connectivity index (χ3n) is 4.47. The normalized spacial score (nSPS) is 18.7. The lowest BCUT2D eigenvalue weighted by molar-refractivity contribution is 0.218. The largest absolute Gasteiger partial charge is 0.279 e. The molecule has 0 aromatic carbocycles. The summed E-state index contributed by atoms with van der Waals surface area (Å²) in [7, 11) is 0. The van der Waals surface area contributed by atoms with Crippen LogP contribution in [0.4, 0.5) is 0 Å². The van der Waals surface area contributed by atoms with Crippen molar-refractivity contribution in [3.63, 3.8) is 0 Å². The topological polar surface area (TPSA) is 47.8 Å². The van der Waals surface area contributed by atoms with Gasteiger partial charge in [0.1, 0.15) is 0 Å². The number of allylic oxidation sites excluding steroid dienone is 1. The third-order valence-corrected chi connectivity index (χ3v) is 5.60. The predicted octanol–water partition coefficient (Wildman–Crippen LogP) is 3.19. The van der Waals surface area contributed by atoms with Crippen LogP contribution in [-0.4, -0.2) is 15.0 Å². The monoisotopic (exact) mass is 303 g/mol. The lowest BCUT2D eigenvalue weighted by atomic mass is 9.72. The van der Waals surface area contributed by atoms with Gasteiger partial charge in [0.2, 0.25) is 0 Å². The van der Waals surface area contributed by atoms with Crippen molar-refractivity contribution in [3.8, 4) is 0 Å². The standard InChI is InChI=1S/C16H21N3OS/c1-5-8-19-15(20)13-11-7-6-10(16(2,3)4)9-12(11)21-14(13)17-18-19/h5,10H,1,6-9H2,2-4H3. The smallest absolute Gasteiger partial charge is 0.267 e. The number of aromatic nitrogens is 3. The summed E-state index contributed by atoms with van der Waals surface area (Å²) in [6, 6.07) is 0. The Hall–Kier alpha value is -1.49. The highest BCUT2D eigenvalue weighted by Crippen LogP contribution is 2.41. The highest BCUT2D eigenvalue weighted by Gasteiger charge is 2.31. The van der Waals surface area contributed by atoms with E-state index >= 15 is 0 Å². The highest BCUT2D eigenvalue weighted by atomic mass is 32.1. The summed E-state index contributed by atoms with van der Waals surface area (Å²) in [6.45, 7) is 11.0. The van der Waals surface area contributed by atoms with Crippen molar-refractivity contribution in [1.82, 2.24) is 15.0 Å². The Kier molecular flexibility index (Phi) is 3.48. The predicted molar refractivity (Wildman–Crippen MR) is 86.8 cm³/mol.